The van der Waals surface area contributed by atoms with Gasteiger partial charge in [-0.1, -0.05) is 23.5 Å². The largest absolute Gasteiger partial charge is 0.493 e. The van der Waals surface area contributed by atoms with Crippen molar-refractivity contribution in [1.29, 1.82) is 0 Å². The van der Waals surface area contributed by atoms with E-state index in [1.54, 1.807) is 24.3 Å². The van der Waals surface area contributed by atoms with E-state index in [0.29, 0.717) is 22.1 Å². The molecule has 0 unspecified atom stereocenters. The molecule has 4 aromatic rings. The number of halogens is 1. The molecule has 2 N–H and O–H groups in total. The lowest BCUT2D eigenvalue weighted by molar-refractivity contribution is 0.102. The average Bonchev–Trinajstić information content (AvgIpc) is 3.19. The highest BCUT2D eigenvalue weighted by Crippen LogP contribution is 2.36. The minimum absolute atomic E-state index is 0.0729. The molecule has 1 amide bonds. The maximum atomic E-state index is 13.2. The third-order valence-electron chi connectivity index (χ3n) is 4.65. The molecule has 0 atom stereocenters. The van der Waals surface area contributed by atoms with Crippen LogP contribution in [-0.4, -0.2) is 33.5 Å². The van der Waals surface area contributed by atoms with E-state index in [4.69, 9.17) is 9.47 Å². The van der Waals surface area contributed by atoms with Gasteiger partial charge in [0.1, 0.15) is 5.82 Å². The summed E-state index contributed by atoms with van der Waals surface area (Å²) in [5.41, 5.74) is 0.777. The van der Waals surface area contributed by atoms with E-state index in [1.165, 1.54) is 37.7 Å². The lowest BCUT2D eigenvalue weighted by Crippen LogP contribution is -2.18. The third-order valence-corrected chi connectivity index (χ3v) is 6.97. The number of sulfonamides is 1. The summed E-state index contributed by atoms with van der Waals surface area (Å²) in [6.45, 7) is 0. The monoisotopic (exact) mass is 487 g/mol. The third kappa shape index (κ3) is 4.73. The first kappa shape index (κ1) is 22.5. The number of methoxy groups -OCH3 is 2. The van der Waals surface area contributed by atoms with Crippen LogP contribution in [0, 0.1) is 5.82 Å². The molecule has 1 heterocycles. The number of rotatable bonds is 7. The summed E-state index contributed by atoms with van der Waals surface area (Å²) in [6.07, 6.45) is 0. The molecule has 0 fully saturated rings. The van der Waals surface area contributed by atoms with Gasteiger partial charge in [0.2, 0.25) is 0 Å². The van der Waals surface area contributed by atoms with Gasteiger partial charge in [-0.05, 0) is 36.4 Å². The van der Waals surface area contributed by atoms with Crippen LogP contribution in [0.15, 0.2) is 65.6 Å². The number of thiazole rings is 1. The molecule has 11 heteroatoms. The first-order valence-electron chi connectivity index (χ1n) is 9.52. The Labute approximate surface area is 193 Å². The van der Waals surface area contributed by atoms with E-state index in [-0.39, 0.29) is 16.1 Å². The topological polar surface area (TPSA) is 107 Å². The Morgan fingerprint density at radius 2 is 1.67 bits per heavy atom. The molecule has 4 rings (SSSR count). The van der Waals surface area contributed by atoms with E-state index in [9.17, 15) is 17.6 Å². The van der Waals surface area contributed by atoms with E-state index >= 15 is 0 Å². The van der Waals surface area contributed by atoms with Crippen molar-refractivity contribution < 1.29 is 27.1 Å². The van der Waals surface area contributed by atoms with Crippen LogP contribution in [0.2, 0.25) is 0 Å². The van der Waals surface area contributed by atoms with E-state index in [2.05, 4.69) is 15.0 Å². The van der Waals surface area contributed by atoms with Crippen molar-refractivity contribution in [3.63, 3.8) is 0 Å². The maximum Gasteiger partial charge on any atom is 0.261 e. The Hall–Kier alpha value is -3.70. The van der Waals surface area contributed by atoms with Gasteiger partial charge in [-0.25, -0.2) is 17.8 Å². The number of hydrogen-bond donors (Lipinski definition) is 2. The second-order valence-electron chi connectivity index (χ2n) is 6.75. The van der Waals surface area contributed by atoms with Crippen LogP contribution in [-0.2, 0) is 10.0 Å². The molecular formula is C22H18FN3O5S2. The fourth-order valence-electron chi connectivity index (χ4n) is 3.06. The zero-order valence-electron chi connectivity index (χ0n) is 17.5. The normalized spacial score (nSPS) is 11.2. The molecule has 33 heavy (non-hydrogen) atoms. The Morgan fingerprint density at radius 1 is 1.00 bits per heavy atom. The Bertz CT molecular complexity index is 1400. The van der Waals surface area contributed by atoms with Crippen molar-refractivity contribution in [2.24, 2.45) is 0 Å². The minimum atomic E-state index is -4.03. The molecule has 0 radical (unpaired) electrons. The number of hydrogen-bond acceptors (Lipinski definition) is 7. The smallest absolute Gasteiger partial charge is 0.261 e. The first-order chi connectivity index (χ1) is 15.8. The summed E-state index contributed by atoms with van der Waals surface area (Å²) in [4.78, 5) is 17.2. The molecule has 0 aliphatic carbocycles. The van der Waals surface area contributed by atoms with Gasteiger partial charge in [0.05, 0.1) is 40.6 Å². The van der Waals surface area contributed by atoms with Crippen LogP contribution in [0.4, 0.5) is 15.2 Å². The standard InChI is InChI=1S/C22H18FN3O5S2/c1-30-18-11-17-20(12-19(18)31-2)32-22(24-17)25-21(27)15-5-3-4-6-16(15)26-33(28,29)14-9-7-13(23)8-10-14/h3-12,26H,1-2H3,(H,24,25,27). The van der Waals surface area contributed by atoms with Crippen LogP contribution in [0.25, 0.3) is 10.2 Å². The fourth-order valence-corrected chi connectivity index (χ4v) is 5.01. The summed E-state index contributed by atoms with van der Waals surface area (Å²) in [5.74, 6) is -0.0639. The quantitative estimate of drug-likeness (QED) is 0.397. The summed E-state index contributed by atoms with van der Waals surface area (Å²) in [5, 5.41) is 3.02. The second-order valence-corrected chi connectivity index (χ2v) is 9.47. The molecule has 0 aliphatic heterocycles. The van der Waals surface area contributed by atoms with Crippen molar-refractivity contribution in [2.75, 3.05) is 24.3 Å². The molecule has 1 aromatic heterocycles. The van der Waals surface area contributed by atoms with Crippen LogP contribution < -0.4 is 19.5 Å². The molecule has 0 bridgehead atoms. The van der Waals surface area contributed by atoms with Crippen molar-refractivity contribution in [3.8, 4) is 11.5 Å². The highest BCUT2D eigenvalue weighted by atomic mass is 32.2. The average molecular weight is 488 g/mol. The molecular weight excluding hydrogens is 469 g/mol. The Kier molecular flexibility index (Phi) is 6.16. The van der Waals surface area contributed by atoms with E-state index in [1.807, 2.05) is 0 Å². The van der Waals surface area contributed by atoms with Gasteiger partial charge in [-0.2, -0.15) is 0 Å². The van der Waals surface area contributed by atoms with Gasteiger partial charge in [-0.15, -0.1) is 0 Å². The van der Waals surface area contributed by atoms with Crippen molar-refractivity contribution >= 4 is 48.3 Å². The van der Waals surface area contributed by atoms with E-state index in [0.717, 1.165) is 29.0 Å². The van der Waals surface area contributed by atoms with Crippen LogP contribution >= 0.6 is 11.3 Å². The Balaban J connectivity index is 1.60. The van der Waals surface area contributed by atoms with Crippen LogP contribution in [0.5, 0.6) is 11.5 Å². The maximum absolute atomic E-state index is 13.2. The van der Waals surface area contributed by atoms with Gasteiger partial charge in [0, 0.05) is 12.1 Å². The molecule has 0 saturated carbocycles. The summed E-state index contributed by atoms with van der Waals surface area (Å²) in [7, 11) is -0.991. The molecule has 3 aromatic carbocycles. The summed E-state index contributed by atoms with van der Waals surface area (Å²) >= 11 is 1.23. The van der Waals surface area contributed by atoms with E-state index < -0.39 is 21.7 Å². The second kappa shape index (κ2) is 9.04. The number of carbonyl (C=O) groups excluding carboxylic acids is 1. The predicted molar refractivity (Wildman–Crippen MR) is 124 cm³/mol. The van der Waals surface area contributed by atoms with Crippen molar-refractivity contribution in [1.82, 2.24) is 4.98 Å². The van der Waals surface area contributed by atoms with Crippen molar-refractivity contribution in [3.05, 3.63) is 72.0 Å². The zero-order valence-corrected chi connectivity index (χ0v) is 19.1. The minimum Gasteiger partial charge on any atom is -0.493 e. The highest BCUT2D eigenvalue weighted by Gasteiger charge is 2.20. The molecule has 0 spiro atoms. The SMILES string of the molecule is COc1cc2nc(NC(=O)c3ccccc3NS(=O)(=O)c3ccc(F)cc3)sc2cc1OC. The van der Waals surface area contributed by atoms with Gasteiger partial charge < -0.3 is 9.47 Å². The number of para-hydroxylation sites is 1. The number of benzene rings is 3. The number of anilines is 2. The predicted octanol–water partition coefficient (Wildman–Crippen LogP) is 4.51. The number of carbonyl (C=O) groups is 1. The fraction of sp³-hybridized carbons (Fsp3) is 0.0909. The van der Waals surface area contributed by atoms with Gasteiger partial charge >= 0.3 is 0 Å². The number of amides is 1. The zero-order chi connectivity index (χ0) is 23.6. The molecule has 170 valence electrons. The Morgan fingerprint density at radius 3 is 2.36 bits per heavy atom. The lowest BCUT2D eigenvalue weighted by atomic mass is 10.2. The van der Waals surface area contributed by atoms with Crippen LogP contribution in [0.3, 0.4) is 0 Å². The molecule has 8 nitrogen and oxygen atoms in total. The first-order valence-corrected chi connectivity index (χ1v) is 11.8. The number of nitrogens with zero attached hydrogens (tertiary/aromatic N) is 1. The van der Waals surface area contributed by atoms with Gasteiger partial charge in [-0.3, -0.25) is 14.8 Å². The molecule has 0 aliphatic rings. The van der Waals surface area contributed by atoms with Crippen LogP contribution in [0.1, 0.15) is 10.4 Å². The molecule has 0 saturated heterocycles. The van der Waals surface area contributed by atoms with Gasteiger partial charge in [0.15, 0.2) is 16.6 Å². The summed E-state index contributed by atoms with van der Waals surface area (Å²) in [6, 6.07) is 14.0. The van der Waals surface area contributed by atoms with Gasteiger partial charge in [0.25, 0.3) is 15.9 Å². The summed E-state index contributed by atoms with van der Waals surface area (Å²) < 4.78 is 52.2. The number of aromatic nitrogens is 1. The highest BCUT2D eigenvalue weighted by molar-refractivity contribution is 7.92. The lowest BCUT2D eigenvalue weighted by Gasteiger charge is -2.12. The number of fused-ring (bicyclic) bond motifs is 1. The number of nitrogens with one attached hydrogen (secondary N) is 2. The van der Waals surface area contributed by atoms with Crippen molar-refractivity contribution in [2.45, 2.75) is 4.90 Å². The number of ether oxygens (including phenoxy) is 2.